The number of hydrogen-bond acceptors (Lipinski definition) is 4. The first-order chi connectivity index (χ1) is 27.4. The molecule has 0 fully saturated rings. The van der Waals surface area contributed by atoms with Crippen molar-refractivity contribution in [1.82, 2.24) is 0 Å². The minimum atomic E-state index is -2.63. The van der Waals surface area contributed by atoms with Crippen molar-refractivity contribution < 1.29 is 40.9 Å². The Morgan fingerprint density at radius 1 is 0.491 bits per heavy atom. The van der Waals surface area contributed by atoms with E-state index in [-0.39, 0.29) is 32.2 Å². The summed E-state index contributed by atoms with van der Waals surface area (Å²) in [6.07, 6.45) is -5.20. The van der Waals surface area contributed by atoms with Gasteiger partial charge in [-0.1, -0.05) is 102 Å². The number of ether oxygens (including phenoxy) is 4. The lowest BCUT2D eigenvalue weighted by Crippen LogP contribution is -2.36. The zero-order valence-corrected chi connectivity index (χ0v) is 32.7. The minimum absolute atomic E-state index is 0.0430. The van der Waals surface area contributed by atoms with E-state index in [0.717, 1.165) is 11.3 Å². The van der Waals surface area contributed by atoms with Crippen LogP contribution in [-0.2, 0) is 33.5 Å². The smallest absolute Gasteiger partial charge is 0.250 e. The normalized spacial score (nSPS) is 13.3. The van der Waals surface area contributed by atoms with Gasteiger partial charge in [0.05, 0.1) is 37.3 Å². The first kappa shape index (κ1) is 43.2. The molecule has 57 heavy (non-hydrogen) atoms. The molecule has 6 aromatic rings. The maximum atomic E-state index is 14.1. The van der Waals surface area contributed by atoms with Crippen molar-refractivity contribution in [2.45, 2.75) is 50.7 Å². The van der Waals surface area contributed by atoms with Gasteiger partial charge in [0.2, 0.25) is 12.9 Å². The van der Waals surface area contributed by atoms with Crippen LogP contribution in [0.2, 0.25) is 10.0 Å². The molecule has 0 aliphatic rings. The summed E-state index contributed by atoms with van der Waals surface area (Å²) in [5.74, 6) is 1.43. The second-order valence-corrected chi connectivity index (χ2v) is 14.6. The lowest BCUT2D eigenvalue weighted by Gasteiger charge is -2.29. The van der Waals surface area contributed by atoms with Crippen molar-refractivity contribution in [2.75, 3.05) is 13.2 Å². The van der Waals surface area contributed by atoms with E-state index in [1.807, 2.05) is 60.7 Å². The lowest BCUT2D eigenvalue weighted by atomic mass is 9.83. The zero-order chi connectivity index (χ0) is 40.8. The Kier molecular flexibility index (Phi) is 15.5. The molecule has 0 N–H and O–H groups in total. The molecular weight excluding hydrogens is 782 g/mol. The Hall–Kier alpha value is -4.93. The van der Waals surface area contributed by atoms with Crippen LogP contribution in [0.3, 0.4) is 0 Å². The van der Waals surface area contributed by atoms with E-state index in [1.54, 1.807) is 72.8 Å². The van der Waals surface area contributed by atoms with Crippen LogP contribution in [-0.4, -0.2) is 26.1 Å². The molecule has 0 radical (unpaired) electrons. The Morgan fingerprint density at radius 3 is 1.40 bits per heavy atom. The van der Waals surface area contributed by atoms with Gasteiger partial charge in [-0.3, -0.25) is 0 Å². The molecule has 4 nitrogen and oxygen atoms in total. The minimum Gasteiger partial charge on any atom is -0.457 e. The molecule has 0 spiro atoms. The van der Waals surface area contributed by atoms with Gasteiger partial charge in [0.25, 0.3) is 0 Å². The first-order valence-corrected chi connectivity index (χ1v) is 18.7. The van der Waals surface area contributed by atoms with Gasteiger partial charge in [0.1, 0.15) is 17.2 Å². The topological polar surface area (TPSA) is 36.9 Å². The van der Waals surface area contributed by atoms with E-state index >= 15 is 0 Å². The van der Waals surface area contributed by atoms with Gasteiger partial charge >= 0.3 is 0 Å². The average Bonchev–Trinajstić information content (AvgIpc) is 3.20. The van der Waals surface area contributed by atoms with Crippen molar-refractivity contribution >= 4 is 23.2 Å². The molecule has 0 amide bonds. The fourth-order valence-corrected chi connectivity index (χ4v) is 5.87. The number of halogens is 7. The number of hydrogen-bond donors (Lipinski definition) is 0. The summed E-state index contributed by atoms with van der Waals surface area (Å²) in [7, 11) is 0. The Labute approximate surface area is 339 Å². The summed E-state index contributed by atoms with van der Waals surface area (Å²) in [4.78, 5) is 0. The molecule has 298 valence electrons. The van der Waals surface area contributed by atoms with Crippen LogP contribution in [0, 0.1) is 5.82 Å². The summed E-state index contributed by atoms with van der Waals surface area (Å²) in [6, 6.07) is 42.7. The third-order valence-corrected chi connectivity index (χ3v) is 9.66. The van der Waals surface area contributed by atoms with Crippen LogP contribution < -0.4 is 9.47 Å². The third kappa shape index (κ3) is 12.3. The van der Waals surface area contributed by atoms with E-state index in [1.165, 1.54) is 32.0 Å². The standard InChI is InChI=1S/C23H20ClF3O2.C23H21ClF2O2/c1-23(22(26)27,17-8-10-18(24)11-9-17)15-28-14-16-7-12-20(25)21(13-16)29-19-5-3-2-4-6-19;1-23(22(25)26,18-10-12-19(24)13-11-18)16-27-15-17-6-5-9-21(14-17)28-20-7-3-2-4-8-20/h2-13,22H,14-15H2,1H3;2-14,22H,15-16H2,1H3. The van der Waals surface area contributed by atoms with Crippen molar-refractivity contribution in [3.8, 4) is 23.0 Å². The highest BCUT2D eigenvalue weighted by Gasteiger charge is 2.38. The summed E-state index contributed by atoms with van der Waals surface area (Å²) >= 11 is 11.7. The highest BCUT2D eigenvalue weighted by molar-refractivity contribution is 6.30. The van der Waals surface area contributed by atoms with E-state index in [9.17, 15) is 22.0 Å². The molecule has 6 aromatic carbocycles. The van der Waals surface area contributed by atoms with Crippen LogP contribution in [0.5, 0.6) is 23.0 Å². The van der Waals surface area contributed by atoms with E-state index in [2.05, 4.69) is 0 Å². The van der Waals surface area contributed by atoms with E-state index in [0.29, 0.717) is 38.2 Å². The van der Waals surface area contributed by atoms with Gasteiger partial charge < -0.3 is 18.9 Å². The summed E-state index contributed by atoms with van der Waals surface area (Å²) in [5.41, 5.74) is -0.514. The van der Waals surface area contributed by atoms with Crippen molar-refractivity contribution in [3.63, 3.8) is 0 Å². The first-order valence-electron chi connectivity index (χ1n) is 17.9. The van der Waals surface area contributed by atoms with Crippen molar-refractivity contribution in [1.29, 1.82) is 0 Å². The molecule has 0 saturated carbocycles. The quantitative estimate of drug-likeness (QED) is 0.0911. The summed E-state index contributed by atoms with van der Waals surface area (Å²) in [6.45, 7) is 2.86. The number of benzene rings is 6. The molecule has 0 aliphatic heterocycles. The van der Waals surface area contributed by atoms with Crippen LogP contribution in [0.25, 0.3) is 0 Å². The SMILES string of the molecule is CC(COCc1ccc(F)c(Oc2ccccc2)c1)(c1ccc(Cl)cc1)C(F)F.CC(COCc1cccc(Oc2ccccc2)c1)(c1ccc(Cl)cc1)C(F)F. The third-order valence-electron chi connectivity index (χ3n) is 9.16. The second-order valence-electron chi connectivity index (χ2n) is 13.7. The molecule has 0 saturated heterocycles. The Morgan fingerprint density at radius 2 is 0.930 bits per heavy atom. The van der Waals surface area contributed by atoms with E-state index < -0.39 is 29.5 Å². The monoisotopic (exact) mass is 822 g/mol. The van der Waals surface area contributed by atoms with E-state index in [4.69, 9.17) is 42.1 Å². The maximum Gasteiger partial charge on any atom is 0.250 e. The van der Waals surface area contributed by atoms with Gasteiger partial charge in [-0.05, 0) is 109 Å². The largest absolute Gasteiger partial charge is 0.457 e. The molecular formula is C46H41Cl2F5O4. The van der Waals surface area contributed by atoms with Crippen LogP contribution in [0.1, 0.15) is 36.1 Å². The fourth-order valence-electron chi connectivity index (χ4n) is 5.62. The molecule has 11 heteroatoms. The van der Waals surface area contributed by atoms with Crippen LogP contribution >= 0.6 is 23.2 Å². The molecule has 2 unspecified atom stereocenters. The number of alkyl halides is 4. The predicted molar refractivity (Wildman–Crippen MR) is 215 cm³/mol. The molecule has 0 bridgehead atoms. The average molecular weight is 824 g/mol. The highest BCUT2D eigenvalue weighted by Crippen LogP contribution is 2.34. The predicted octanol–water partition coefficient (Wildman–Crippen LogP) is 13.9. The van der Waals surface area contributed by atoms with Gasteiger partial charge in [-0.2, -0.15) is 0 Å². The number of rotatable bonds is 16. The molecule has 2 atom stereocenters. The molecule has 6 rings (SSSR count). The molecule has 0 heterocycles. The number of para-hydroxylation sites is 2. The molecule has 0 aromatic heterocycles. The molecule has 0 aliphatic carbocycles. The van der Waals surface area contributed by atoms with Crippen molar-refractivity contribution in [3.05, 3.63) is 190 Å². The van der Waals surface area contributed by atoms with Gasteiger partial charge in [-0.25, -0.2) is 22.0 Å². The van der Waals surface area contributed by atoms with Gasteiger partial charge in [0.15, 0.2) is 11.6 Å². The lowest BCUT2D eigenvalue weighted by molar-refractivity contribution is -0.0130. The summed E-state index contributed by atoms with van der Waals surface area (Å²) < 4.78 is 91.7. The Bertz CT molecular complexity index is 2120. The van der Waals surface area contributed by atoms with Gasteiger partial charge in [-0.15, -0.1) is 0 Å². The van der Waals surface area contributed by atoms with Gasteiger partial charge in [0, 0.05) is 10.0 Å². The zero-order valence-electron chi connectivity index (χ0n) is 31.2. The Balaban J connectivity index is 0.000000218. The van der Waals surface area contributed by atoms with Crippen LogP contribution in [0.4, 0.5) is 22.0 Å². The maximum absolute atomic E-state index is 14.1. The highest BCUT2D eigenvalue weighted by atomic mass is 35.5. The fraction of sp³-hybridized carbons (Fsp3) is 0.217. The second kappa shape index (κ2) is 20.5. The summed E-state index contributed by atoms with van der Waals surface area (Å²) in [5, 5.41) is 0.986. The van der Waals surface area contributed by atoms with Crippen LogP contribution in [0.15, 0.2) is 152 Å². The van der Waals surface area contributed by atoms with Crippen molar-refractivity contribution in [2.24, 2.45) is 0 Å².